The summed E-state index contributed by atoms with van der Waals surface area (Å²) < 4.78 is 5.32. The van der Waals surface area contributed by atoms with E-state index in [4.69, 9.17) is 4.74 Å². The van der Waals surface area contributed by atoms with Gasteiger partial charge in [0.1, 0.15) is 6.17 Å². The van der Waals surface area contributed by atoms with Crippen LogP contribution in [0.2, 0.25) is 0 Å². The summed E-state index contributed by atoms with van der Waals surface area (Å²) in [4.78, 5) is 14.5. The Morgan fingerprint density at radius 3 is 2.95 bits per heavy atom. The molecule has 0 bridgehead atoms. The SMILES string of the molecule is CCCCC1NC(c2ccsc2)N(CC(C)OC)C1=O. The minimum atomic E-state index is -0.0519. The first-order chi connectivity index (χ1) is 9.67. The quantitative estimate of drug-likeness (QED) is 0.841. The first-order valence-corrected chi connectivity index (χ1v) is 8.23. The molecule has 3 atom stereocenters. The fourth-order valence-electron chi connectivity index (χ4n) is 2.55. The van der Waals surface area contributed by atoms with E-state index in [1.54, 1.807) is 18.4 Å². The van der Waals surface area contributed by atoms with Crippen LogP contribution in [0.5, 0.6) is 0 Å². The van der Waals surface area contributed by atoms with E-state index in [9.17, 15) is 4.79 Å². The number of methoxy groups -OCH3 is 1. The molecule has 3 unspecified atom stereocenters. The van der Waals surface area contributed by atoms with Crippen molar-refractivity contribution >= 4 is 17.2 Å². The molecule has 2 heterocycles. The summed E-state index contributed by atoms with van der Waals surface area (Å²) in [6.07, 6.45) is 3.14. The molecule has 0 radical (unpaired) electrons. The lowest BCUT2D eigenvalue weighted by atomic mass is 10.1. The zero-order chi connectivity index (χ0) is 14.5. The average Bonchev–Trinajstić information content (AvgIpc) is 3.07. The summed E-state index contributed by atoms with van der Waals surface area (Å²) in [7, 11) is 1.69. The minimum absolute atomic E-state index is 0.00629. The van der Waals surface area contributed by atoms with E-state index in [2.05, 4.69) is 29.1 Å². The molecule has 4 nitrogen and oxygen atoms in total. The molecule has 1 saturated heterocycles. The van der Waals surface area contributed by atoms with Crippen molar-refractivity contribution in [2.24, 2.45) is 0 Å². The molecule has 1 aromatic heterocycles. The number of nitrogens with zero attached hydrogens (tertiary/aromatic N) is 1. The van der Waals surface area contributed by atoms with Crippen molar-refractivity contribution in [1.29, 1.82) is 0 Å². The van der Waals surface area contributed by atoms with Crippen molar-refractivity contribution in [3.8, 4) is 0 Å². The maximum Gasteiger partial charge on any atom is 0.241 e. The zero-order valence-electron chi connectivity index (χ0n) is 12.5. The topological polar surface area (TPSA) is 41.6 Å². The van der Waals surface area contributed by atoms with Gasteiger partial charge in [0.05, 0.1) is 12.1 Å². The highest BCUT2D eigenvalue weighted by Crippen LogP contribution is 2.28. The molecule has 5 heteroatoms. The van der Waals surface area contributed by atoms with Crippen molar-refractivity contribution in [3.63, 3.8) is 0 Å². The molecule has 0 aromatic carbocycles. The van der Waals surface area contributed by atoms with Crippen molar-refractivity contribution in [2.45, 2.75) is 51.4 Å². The Morgan fingerprint density at radius 1 is 1.55 bits per heavy atom. The summed E-state index contributed by atoms with van der Waals surface area (Å²) in [5, 5.41) is 7.65. The lowest BCUT2D eigenvalue weighted by molar-refractivity contribution is -0.131. The Labute approximate surface area is 125 Å². The predicted molar refractivity (Wildman–Crippen MR) is 81.7 cm³/mol. The van der Waals surface area contributed by atoms with Crippen LogP contribution in [0, 0.1) is 0 Å². The Kier molecular flexibility index (Phi) is 5.57. The first-order valence-electron chi connectivity index (χ1n) is 7.28. The molecule has 1 aliphatic rings. The Morgan fingerprint density at radius 2 is 2.35 bits per heavy atom. The number of thiophene rings is 1. The van der Waals surface area contributed by atoms with Crippen LogP contribution in [-0.4, -0.2) is 36.6 Å². The van der Waals surface area contributed by atoms with Gasteiger partial charge in [0, 0.05) is 13.7 Å². The lowest BCUT2D eigenvalue weighted by Crippen LogP contribution is -2.37. The number of rotatable bonds is 7. The molecule has 2 rings (SSSR count). The van der Waals surface area contributed by atoms with E-state index in [0.717, 1.165) is 19.3 Å². The second-order valence-corrected chi connectivity index (χ2v) is 6.14. The number of ether oxygens (including phenoxy) is 1. The monoisotopic (exact) mass is 296 g/mol. The van der Waals surface area contributed by atoms with E-state index < -0.39 is 0 Å². The number of nitrogens with one attached hydrogen (secondary N) is 1. The van der Waals surface area contributed by atoms with Gasteiger partial charge in [0.15, 0.2) is 0 Å². The standard InChI is InChI=1S/C15H24N2O2S/c1-4-5-6-13-15(18)17(9-11(2)19-3)14(16-13)12-7-8-20-10-12/h7-8,10-11,13-14,16H,4-6,9H2,1-3H3. The minimum Gasteiger partial charge on any atom is -0.380 e. The highest BCUT2D eigenvalue weighted by Gasteiger charge is 2.39. The maximum atomic E-state index is 12.6. The second-order valence-electron chi connectivity index (χ2n) is 5.36. The van der Waals surface area contributed by atoms with Gasteiger partial charge in [0.25, 0.3) is 0 Å². The van der Waals surface area contributed by atoms with Crippen LogP contribution < -0.4 is 5.32 Å². The number of unbranched alkanes of at least 4 members (excludes halogenated alkanes) is 1. The maximum absolute atomic E-state index is 12.6. The highest BCUT2D eigenvalue weighted by molar-refractivity contribution is 7.07. The number of amides is 1. The largest absolute Gasteiger partial charge is 0.380 e. The molecule has 20 heavy (non-hydrogen) atoms. The van der Waals surface area contributed by atoms with Gasteiger partial charge in [-0.3, -0.25) is 10.1 Å². The molecule has 0 spiro atoms. The van der Waals surface area contributed by atoms with Gasteiger partial charge in [-0.25, -0.2) is 0 Å². The third-order valence-corrected chi connectivity index (χ3v) is 4.51. The molecule has 112 valence electrons. The van der Waals surface area contributed by atoms with Gasteiger partial charge in [-0.2, -0.15) is 11.3 Å². The second kappa shape index (κ2) is 7.20. The molecule has 1 fully saturated rings. The average molecular weight is 296 g/mol. The summed E-state index contributed by atoms with van der Waals surface area (Å²) in [5.74, 6) is 0.207. The van der Waals surface area contributed by atoms with Crippen LogP contribution in [0.3, 0.4) is 0 Å². The third-order valence-electron chi connectivity index (χ3n) is 3.81. The van der Waals surface area contributed by atoms with Crippen molar-refractivity contribution < 1.29 is 9.53 Å². The number of hydrogen-bond donors (Lipinski definition) is 1. The fourth-order valence-corrected chi connectivity index (χ4v) is 3.23. The number of hydrogen-bond acceptors (Lipinski definition) is 4. The molecule has 1 aromatic rings. The van der Waals surface area contributed by atoms with E-state index in [1.165, 1.54) is 5.56 Å². The molecule has 1 N–H and O–H groups in total. The van der Waals surface area contributed by atoms with Gasteiger partial charge in [-0.05, 0) is 35.7 Å². The Bertz CT molecular complexity index is 422. The third kappa shape index (κ3) is 3.40. The van der Waals surface area contributed by atoms with E-state index in [0.29, 0.717) is 6.54 Å². The zero-order valence-corrected chi connectivity index (χ0v) is 13.3. The fraction of sp³-hybridized carbons (Fsp3) is 0.667. The van der Waals surface area contributed by atoms with Gasteiger partial charge >= 0.3 is 0 Å². The number of carbonyl (C=O) groups excluding carboxylic acids is 1. The Balaban J connectivity index is 2.12. The molecule has 1 aliphatic heterocycles. The van der Waals surface area contributed by atoms with Crippen LogP contribution in [0.4, 0.5) is 0 Å². The first kappa shape index (κ1) is 15.5. The molecular weight excluding hydrogens is 272 g/mol. The predicted octanol–water partition coefficient (Wildman–Crippen LogP) is 2.77. The van der Waals surface area contributed by atoms with Gasteiger partial charge in [0.2, 0.25) is 5.91 Å². The Hall–Kier alpha value is -0.910. The highest BCUT2D eigenvalue weighted by atomic mass is 32.1. The molecular formula is C15H24N2O2S. The smallest absolute Gasteiger partial charge is 0.241 e. The summed E-state index contributed by atoms with van der Waals surface area (Å²) >= 11 is 1.66. The van der Waals surface area contributed by atoms with Crippen LogP contribution in [0.25, 0.3) is 0 Å². The molecule has 1 amide bonds. The summed E-state index contributed by atoms with van der Waals surface area (Å²) in [6, 6.07) is 2.03. The molecule has 0 aliphatic carbocycles. The van der Waals surface area contributed by atoms with Gasteiger partial charge in [-0.1, -0.05) is 19.8 Å². The summed E-state index contributed by atoms with van der Waals surface area (Å²) in [6.45, 7) is 4.78. The van der Waals surface area contributed by atoms with E-state index >= 15 is 0 Å². The molecule has 0 saturated carbocycles. The van der Waals surface area contributed by atoms with Gasteiger partial charge < -0.3 is 9.64 Å². The van der Waals surface area contributed by atoms with Crippen LogP contribution >= 0.6 is 11.3 Å². The van der Waals surface area contributed by atoms with Crippen LogP contribution in [0.1, 0.15) is 44.8 Å². The normalized spacial score (nSPS) is 24.4. The van der Waals surface area contributed by atoms with E-state index in [-0.39, 0.29) is 24.2 Å². The van der Waals surface area contributed by atoms with Crippen LogP contribution in [0.15, 0.2) is 16.8 Å². The van der Waals surface area contributed by atoms with E-state index in [1.807, 2.05) is 11.8 Å². The lowest BCUT2D eigenvalue weighted by Gasteiger charge is -2.26. The number of carbonyl (C=O) groups is 1. The van der Waals surface area contributed by atoms with Crippen molar-refractivity contribution in [1.82, 2.24) is 10.2 Å². The van der Waals surface area contributed by atoms with Crippen molar-refractivity contribution in [2.75, 3.05) is 13.7 Å². The summed E-state index contributed by atoms with van der Waals surface area (Å²) in [5.41, 5.74) is 1.17. The van der Waals surface area contributed by atoms with Crippen LogP contribution in [-0.2, 0) is 9.53 Å². The van der Waals surface area contributed by atoms with Crippen molar-refractivity contribution in [3.05, 3.63) is 22.4 Å². The van der Waals surface area contributed by atoms with Gasteiger partial charge in [-0.15, -0.1) is 0 Å².